The van der Waals surface area contributed by atoms with Gasteiger partial charge in [-0.1, -0.05) is 18.5 Å². The Kier molecular flexibility index (Phi) is 5.83. The van der Waals surface area contributed by atoms with E-state index in [2.05, 4.69) is 0 Å². The first-order chi connectivity index (χ1) is 8.99. The fourth-order valence-electron chi connectivity index (χ4n) is 1.77. The molecule has 0 radical (unpaired) electrons. The summed E-state index contributed by atoms with van der Waals surface area (Å²) in [4.78, 5) is 26.4. The van der Waals surface area contributed by atoms with Gasteiger partial charge in [0.1, 0.15) is 0 Å². The first-order valence-corrected chi connectivity index (χ1v) is 6.57. The Morgan fingerprint density at radius 3 is 2.58 bits per heavy atom. The van der Waals surface area contributed by atoms with Crippen LogP contribution in [-0.2, 0) is 4.79 Å². The molecular weight excluding hydrogens is 264 g/mol. The van der Waals surface area contributed by atoms with Gasteiger partial charge in [0.25, 0.3) is 0 Å². The molecule has 0 aromatic heterocycles. The molecule has 1 rings (SSSR count). The largest absolute Gasteiger partial charge is 0.362 e. The van der Waals surface area contributed by atoms with Crippen LogP contribution in [0.1, 0.15) is 23.7 Å². The molecule has 0 aliphatic carbocycles. The van der Waals surface area contributed by atoms with Crippen LogP contribution in [0.25, 0.3) is 0 Å². The van der Waals surface area contributed by atoms with Crippen LogP contribution in [0.4, 0.5) is 5.69 Å². The highest BCUT2D eigenvalue weighted by molar-refractivity contribution is 6.31. The summed E-state index contributed by atoms with van der Waals surface area (Å²) in [5.74, 6) is 0.000231. The SMILES string of the molecule is CCCN(CC(=O)N(C)C)c1ccc(Cl)cc1C=O. The molecule has 104 valence electrons. The summed E-state index contributed by atoms with van der Waals surface area (Å²) in [5.41, 5.74) is 1.25. The maximum atomic E-state index is 11.8. The van der Waals surface area contributed by atoms with Crippen molar-refractivity contribution in [2.24, 2.45) is 0 Å². The smallest absolute Gasteiger partial charge is 0.241 e. The van der Waals surface area contributed by atoms with Crippen molar-refractivity contribution in [3.63, 3.8) is 0 Å². The van der Waals surface area contributed by atoms with Crippen LogP contribution < -0.4 is 4.90 Å². The van der Waals surface area contributed by atoms with E-state index in [0.717, 1.165) is 18.4 Å². The third-order valence-corrected chi connectivity index (χ3v) is 3.01. The molecule has 0 saturated heterocycles. The van der Waals surface area contributed by atoms with Crippen LogP contribution in [0.5, 0.6) is 0 Å². The Balaban J connectivity index is 3.04. The Bertz CT molecular complexity index is 461. The van der Waals surface area contributed by atoms with Crippen LogP contribution >= 0.6 is 11.6 Å². The lowest BCUT2D eigenvalue weighted by Gasteiger charge is -2.26. The Morgan fingerprint density at radius 2 is 2.05 bits per heavy atom. The van der Waals surface area contributed by atoms with Crippen molar-refractivity contribution in [3.05, 3.63) is 28.8 Å². The molecule has 1 amide bonds. The summed E-state index contributed by atoms with van der Waals surface area (Å²) in [7, 11) is 3.43. The van der Waals surface area contributed by atoms with Crippen molar-refractivity contribution < 1.29 is 9.59 Å². The lowest BCUT2D eigenvalue weighted by atomic mass is 10.1. The van der Waals surface area contributed by atoms with Gasteiger partial charge in [-0.3, -0.25) is 9.59 Å². The zero-order chi connectivity index (χ0) is 14.4. The quantitative estimate of drug-likeness (QED) is 0.753. The second-order valence-electron chi connectivity index (χ2n) is 4.53. The van der Waals surface area contributed by atoms with E-state index in [1.807, 2.05) is 11.8 Å². The summed E-state index contributed by atoms with van der Waals surface area (Å²) in [6.07, 6.45) is 1.66. The number of aldehydes is 1. The number of halogens is 1. The second kappa shape index (κ2) is 7.14. The van der Waals surface area contributed by atoms with E-state index in [-0.39, 0.29) is 12.5 Å². The van der Waals surface area contributed by atoms with Gasteiger partial charge in [0.05, 0.1) is 6.54 Å². The first-order valence-electron chi connectivity index (χ1n) is 6.19. The minimum atomic E-state index is 0.000231. The number of carbonyl (C=O) groups excluding carboxylic acids is 2. The molecule has 0 unspecified atom stereocenters. The molecule has 1 aromatic rings. The van der Waals surface area contributed by atoms with E-state index in [1.54, 1.807) is 37.2 Å². The number of rotatable bonds is 6. The minimum Gasteiger partial charge on any atom is -0.362 e. The van der Waals surface area contributed by atoms with Gasteiger partial charge in [0.15, 0.2) is 6.29 Å². The molecule has 0 aliphatic heterocycles. The van der Waals surface area contributed by atoms with Gasteiger partial charge in [0.2, 0.25) is 5.91 Å². The molecule has 4 nitrogen and oxygen atoms in total. The average molecular weight is 283 g/mol. The van der Waals surface area contributed by atoms with Crippen LogP contribution in [0.15, 0.2) is 18.2 Å². The maximum Gasteiger partial charge on any atom is 0.241 e. The molecule has 19 heavy (non-hydrogen) atoms. The Labute approximate surface area is 118 Å². The number of benzene rings is 1. The fraction of sp³-hybridized carbons (Fsp3) is 0.429. The zero-order valence-corrected chi connectivity index (χ0v) is 12.3. The summed E-state index contributed by atoms with van der Waals surface area (Å²) in [5, 5.41) is 0.515. The Hall–Kier alpha value is -1.55. The van der Waals surface area contributed by atoms with Gasteiger partial charge in [-0.2, -0.15) is 0 Å². The van der Waals surface area contributed by atoms with Crippen molar-refractivity contribution in [1.29, 1.82) is 0 Å². The second-order valence-corrected chi connectivity index (χ2v) is 4.97. The van der Waals surface area contributed by atoms with Crippen molar-refractivity contribution in [2.45, 2.75) is 13.3 Å². The zero-order valence-electron chi connectivity index (χ0n) is 11.5. The highest BCUT2D eigenvalue weighted by Gasteiger charge is 2.15. The number of hydrogen-bond donors (Lipinski definition) is 0. The number of amides is 1. The standard InChI is InChI=1S/C14H19ClN2O2/c1-4-7-17(9-14(19)16(2)3)13-6-5-12(15)8-11(13)10-18/h5-6,8,10H,4,7,9H2,1-3H3. The van der Waals surface area contributed by atoms with Crippen molar-refractivity contribution in [2.75, 3.05) is 32.1 Å². The van der Waals surface area contributed by atoms with Crippen molar-refractivity contribution in [3.8, 4) is 0 Å². The summed E-state index contributed by atoms with van der Waals surface area (Å²) >= 11 is 5.88. The number of anilines is 1. The van der Waals surface area contributed by atoms with E-state index >= 15 is 0 Å². The van der Waals surface area contributed by atoms with Crippen LogP contribution in [-0.4, -0.2) is 44.3 Å². The molecule has 0 atom stereocenters. The summed E-state index contributed by atoms with van der Waals surface area (Å²) < 4.78 is 0. The van der Waals surface area contributed by atoms with Gasteiger partial charge in [-0.15, -0.1) is 0 Å². The van der Waals surface area contributed by atoms with Crippen molar-refractivity contribution in [1.82, 2.24) is 4.90 Å². The predicted molar refractivity (Wildman–Crippen MR) is 78.0 cm³/mol. The fourth-order valence-corrected chi connectivity index (χ4v) is 1.95. The average Bonchev–Trinajstić information content (AvgIpc) is 2.37. The third kappa shape index (κ3) is 4.24. The number of carbonyl (C=O) groups is 2. The number of likely N-dealkylation sites (N-methyl/N-ethyl adjacent to an activating group) is 1. The molecule has 0 saturated carbocycles. The minimum absolute atomic E-state index is 0.000231. The first kappa shape index (κ1) is 15.5. The number of nitrogens with zero attached hydrogens (tertiary/aromatic N) is 2. The maximum absolute atomic E-state index is 11.8. The van der Waals surface area contributed by atoms with Gasteiger partial charge >= 0.3 is 0 Å². The Morgan fingerprint density at radius 1 is 1.37 bits per heavy atom. The van der Waals surface area contributed by atoms with E-state index in [1.165, 1.54) is 0 Å². The third-order valence-electron chi connectivity index (χ3n) is 2.78. The molecule has 0 aliphatic rings. The van der Waals surface area contributed by atoms with E-state index < -0.39 is 0 Å². The normalized spacial score (nSPS) is 10.1. The van der Waals surface area contributed by atoms with E-state index in [4.69, 9.17) is 11.6 Å². The summed E-state index contributed by atoms with van der Waals surface area (Å²) in [6.45, 7) is 3.00. The predicted octanol–water partition coefficient (Wildman–Crippen LogP) is 2.46. The summed E-state index contributed by atoms with van der Waals surface area (Å²) in [6, 6.07) is 5.13. The van der Waals surface area contributed by atoms with Crippen LogP contribution in [0, 0.1) is 0 Å². The molecular formula is C14H19ClN2O2. The highest BCUT2D eigenvalue weighted by Crippen LogP contribution is 2.23. The number of hydrogen-bond acceptors (Lipinski definition) is 3. The van der Waals surface area contributed by atoms with Crippen LogP contribution in [0.3, 0.4) is 0 Å². The van der Waals surface area contributed by atoms with Crippen LogP contribution in [0.2, 0.25) is 5.02 Å². The van der Waals surface area contributed by atoms with E-state index in [9.17, 15) is 9.59 Å². The molecule has 0 N–H and O–H groups in total. The molecule has 0 spiro atoms. The monoisotopic (exact) mass is 282 g/mol. The van der Waals surface area contributed by atoms with Gasteiger partial charge in [0, 0.05) is 36.9 Å². The van der Waals surface area contributed by atoms with Gasteiger partial charge < -0.3 is 9.80 Å². The molecule has 0 heterocycles. The van der Waals surface area contributed by atoms with E-state index in [0.29, 0.717) is 17.1 Å². The molecule has 1 aromatic carbocycles. The topological polar surface area (TPSA) is 40.6 Å². The molecule has 5 heteroatoms. The molecule has 0 bridgehead atoms. The lowest BCUT2D eigenvalue weighted by Crippen LogP contribution is -2.37. The lowest BCUT2D eigenvalue weighted by molar-refractivity contribution is -0.127. The van der Waals surface area contributed by atoms with Crippen molar-refractivity contribution >= 4 is 29.5 Å². The highest BCUT2D eigenvalue weighted by atomic mass is 35.5. The van der Waals surface area contributed by atoms with Gasteiger partial charge in [-0.05, 0) is 24.6 Å². The van der Waals surface area contributed by atoms with Gasteiger partial charge in [-0.25, -0.2) is 0 Å². The molecule has 0 fully saturated rings.